The van der Waals surface area contributed by atoms with Crippen LogP contribution in [0.25, 0.3) is 0 Å². The number of nitrogens with zero attached hydrogens (tertiary/aromatic N) is 3. The van der Waals surface area contributed by atoms with E-state index in [0.717, 1.165) is 16.4 Å². The molecule has 2 heterocycles. The predicted octanol–water partition coefficient (Wildman–Crippen LogP) is 4.80. The van der Waals surface area contributed by atoms with E-state index in [1.165, 1.54) is 48.4 Å². The summed E-state index contributed by atoms with van der Waals surface area (Å²) in [5, 5.41) is 4.68. The second-order valence-electron chi connectivity index (χ2n) is 6.89. The number of aliphatic imine (C=N–C) groups is 1. The van der Waals surface area contributed by atoms with Crippen molar-refractivity contribution in [2.24, 2.45) is 4.99 Å². The molecule has 0 bridgehead atoms. The molecule has 2 aromatic rings. The van der Waals surface area contributed by atoms with Gasteiger partial charge in [-0.3, -0.25) is 0 Å². The van der Waals surface area contributed by atoms with Gasteiger partial charge < -0.3 is 10.2 Å². The fourth-order valence-electron chi connectivity index (χ4n) is 3.72. The SMILES string of the molecule is CC1=CN(C2CCCC2)C(Nc2cc(C)ns2)N=C1c1ccccc1. The van der Waals surface area contributed by atoms with E-state index in [0.29, 0.717) is 6.04 Å². The Balaban J connectivity index is 1.67. The van der Waals surface area contributed by atoms with Gasteiger partial charge in [-0.05, 0) is 49.9 Å². The van der Waals surface area contributed by atoms with E-state index >= 15 is 0 Å². The zero-order chi connectivity index (χ0) is 17.2. The van der Waals surface area contributed by atoms with E-state index in [1.807, 2.05) is 13.0 Å². The molecule has 0 amide bonds. The third-order valence-corrected chi connectivity index (χ3v) is 5.75. The summed E-state index contributed by atoms with van der Waals surface area (Å²) in [7, 11) is 0. The number of benzene rings is 1. The highest BCUT2D eigenvalue weighted by Gasteiger charge is 2.30. The third-order valence-electron chi connectivity index (χ3n) is 4.94. The average Bonchev–Trinajstić information content (AvgIpc) is 3.29. The summed E-state index contributed by atoms with van der Waals surface area (Å²) < 4.78 is 4.39. The maximum atomic E-state index is 5.11. The number of allylic oxidation sites excluding steroid dienone is 1. The van der Waals surface area contributed by atoms with Gasteiger partial charge >= 0.3 is 0 Å². The largest absolute Gasteiger partial charge is 0.337 e. The van der Waals surface area contributed by atoms with Crippen LogP contribution in [0.4, 0.5) is 5.00 Å². The first kappa shape index (κ1) is 16.3. The molecule has 1 aromatic heterocycles. The standard InChI is InChI=1S/C20H24N4S/c1-14-13-24(17-10-6-7-11-17)20(21-18-12-15(2)23-25-18)22-19(14)16-8-4-3-5-9-16/h3-5,8-9,12-13,17,20-21H,6-7,10-11H2,1-2H3. The third kappa shape index (κ3) is 3.47. The molecular formula is C20H24N4S. The first-order valence-electron chi connectivity index (χ1n) is 9.00. The summed E-state index contributed by atoms with van der Waals surface area (Å²) in [5.41, 5.74) is 4.54. The number of aryl methyl sites for hydroxylation is 1. The van der Waals surface area contributed by atoms with Crippen LogP contribution in [-0.2, 0) is 0 Å². The van der Waals surface area contributed by atoms with E-state index in [9.17, 15) is 0 Å². The smallest absolute Gasteiger partial charge is 0.197 e. The minimum atomic E-state index is -0.0677. The van der Waals surface area contributed by atoms with Crippen LogP contribution in [0.1, 0.15) is 43.9 Å². The number of rotatable bonds is 4. The maximum absolute atomic E-state index is 5.11. The summed E-state index contributed by atoms with van der Waals surface area (Å²) in [5.74, 6) is 0. The molecule has 0 radical (unpaired) electrons. The van der Waals surface area contributed by atoms with Crippen LogP contribution >= 0.6 is 11.5 Å². The van der Waals surface area contributed by atoms with Gasteiger partial charge in [0, 0.05) is 17.8 Å². The van der Waals surface area contributed by atoms with Crippen molar-refractivity contribution in [3.8, 4) is 0 Å². The molecule has 1 aliphatic carbocycles. The molecule has 1 fully saturated rings. The van der Waals surface area contributed by atoms with Gasteiger partial charge in [-0.2, -0.15) is 4.37 Å². The first-order valence-corrected chi connectivity index (χ1v) is 9.77. The molecule has 1 aliphatic heterocycles. The Kier molecular flexibility index (Phi) is 4.57. The molecule has 0 saturated heterocycles. The van der Waals surface area contributed by atoms with Gasteiger partial charge in [0.25, 0.3) is 0 Å². The molecule has 1 aromatic carbocycles. The molecule has 0 spiro atoms. The van der Waals surface area contributed by atoms with E-state index in [-0.39, 0.29) is 6.29 Å². The lowest BCUT2D eigenvalue weighted by atomic mass is 10.0. The zero-order valence-corrected chi connectivity index (χ0v) is 15.6. The molecule has 5 heteroatoms. The van der Waals surface area contributed by atoms with E-state index in [2.05, 4.69) is 58.0 Å². The Hall–Kier alpha value is -2.14. The summed E-state index contributed by atoms with van der Waals surface area (Å²) >= 11 is 1.51. The highest BCUT2D eigenvalue weighted by atomic mass is 32.1. The van der Waals surface area contributed by atoms with Crippen LogP contribution in [0.3, 0.4) is 0 Å². The van der Waals surface area contributed by atoms with Gasteiger partial charge in [0.1, 0.15) is 5.00 Å². The Bertz CT molecular complexity index is 787. The highest BCUT2D eigenvalue weighted by molar-refractivity contribution is 7.10. The first-order chi connectivity index (χ1) is 12.2. The number of hydrogen-bond donors (Lipinski definition) is 1. The summed E-state index contributed by atoms with van der Waals surface area (Å²) in [6.07, 6.45) is 7.36. The molecule has 1 N–H and O–H groups in total. The number of aromatic nitrogens is 1. The van der Waals surface area contributed by atoms with Crippen molar-refractivity contribution in [3.63, 3.8) is 0 Å². The lowest BCUT2D eigenvalue weighted by Crippen LogP contribution is -2.44. The Morgan fingerprint density at radius 3 is 2.56 bits per heavy atom. The summed E-state index contributed by atoms with van der Waals surface area (Å²) in [6, 6.07) is 13.1. The van der Waals surface area contributed by atoms with Gasteiger partial charge in [-0.15, -0.1) is 0 Å². The minimum Gasteiger partial charge on any atom is -0.337 e. The highest BCUT2D eigenvalue weighted by Crippen LogP contribution is 2.31. The van der Waals surface area contributed by atoms with Crippen molar-refractivity contribution in [1.29, 1.82) is 0 Å². The summed E-state index contributed by atoms with van der Waals surface area (Å²) in [4.78, 5) is 7.53. The fraction of sp³-hybridized carbons (Fsp3) is 0.400. The maximum Gasteiger partial charge on any atom is 0.197 e. The molecule has 2 aliphatic rings. The Morgan fingerprint density at radius 1 is 1.12 bits per heavy atom. The molecule has 4 rings (SSSR count). The van der Waals surface area contributed by atoms with Gasteiger partial charge in [0.05, 0.1) is 11.4 Å². The van der Waals surface area contributed by atoms with Crippen molar-refractivity contribution in [3.05, 3.63) is 59.4 Å². The van der Waals surface area contributed by atoms with Crippen LogP contribution in [0.15, 0.2) is 53.2 Å². The molecule has 1 saturated carbocycles. The number of nitrogens with one attached hydrogen (secondary N) is 1. The van der Waals surface area contributed by atoms with Crippen molar-refractivity contribution in [1.82, 2.24) is 9.27 Å². The molecule has 1 unspecified atom stereocenters. The topological polar surface area (TPSA) is 40.5 Å². The molecular weight excluding hydrogens is 328 g/mol. The molecule has 1 atom stereocenters. The zero-order valence-electron chi connectivity index (χ0n) is 14.8. The van der Waals surface area contributed by atoms with Gasteiger partial charge in [-0.1, -0.05) is 43.2 Å². The second kappa shape index (κ2) is 7.00. The van der Waals surface area contributed by atoms with Crippen LogP contribution in [-0.4, -0.2) is 27.3 Å². The quantitative estimate of drug-likeness (QED) is 0.859. The van der Waals surface area contributed by atoms with Crippen molar-refractivity contribution in [2.75, 3.05) is 5.32 Å². The molecule has 130 valence electrons. The molecule has 25 heavy (non-hydrogen) atoms. The molecule has 4 nitrogen and oxygen atoms in total. The monoisotopic (exact) mass is 352 g/mol. The van der Waals surface area contributed by atoms with Crippen LogP contribution in [0.2, 0.25) is 0 Å². The lowest BCUT2D eigenvalue weighted by Gasteiger charge is -2.37. The predicted molar refractivity (Wildman–Crippen MR) is 105 cm³/mol. The van der Waals surface area contributed by atoms with Crippen LogP contribution in [0, 0.1) is 6.92 Å². The second-order valence-corrected chi connectivity index (χ2v) is 7.70. The minimum absolute atomic E-state index is 0.0677. The number of anilines is 1. The van der Waals surface area contributed by atoms with Crippen molar-refractivity contribution >= 4 is 22.2 Å². The van der Waals surface area contributed by atoms with Gasteiger partial charge in [-0.25, -0.2) is 4.99 Å². The lowest BCUT2D eigenvalue weighted by molar-refractivity contribution is 0.225. The Morgan fingerprint density at radius 2 is 1.88 bits per heavy atom. The normalized spacial score (nSPS) is 21.2. The van der Waals surface area contributed by atoms with Crippen LogP contribution in [0.5, 0.6) is 0 Å². The summed E-state index contributed by atoms with van der Waals surface area (Å²) in [6.45, 7) is 4.20. The fourth-order valence-corrected chi connectivity index (χ4v) is 4.39. The number of hydrogen-bond acceptors (Lipinski definition) is 5. The van der Waals surface area contributed by atoms with E-state index in [1.54, 1.807) is 0 Å². The van der Waals surface area contributed by atoms with Gasteiger partial charge in [0.2, 0.25) is 0 Å². The van der Waals surface area contributed by atoms with Gasteiger partial charge in [0.15, 0.2) is 6.29 Å². The average molecular weight is 353 g/mol. The van der Waals surface area contributed by atoms with Crippen molar-refractivity contribution < 1.29 is 0 Å². The van der Waals surface area contributed by atoms with E-state index in [4.69, 9.17) is 4.99 Å². The van der Waals surface area contributed by atoms with E-state index < -0.39 is 0 Å². The Labute approximate surface area is 153 Å². The van der Waals surface area contributed by atoms with Crippen molar-refractivity contribution in [2.45, 2.75) is 51.9 Å². The van der Waals surface area contributed by atoms with Crippen LogP contribution < -0.4 is 5.32 Å².